The van der Waals surface area contributed by atoms with Gasteiger partial charge in [0.15, 0.2) is 13.2 Å². The maximum atomic E-state index is 15.5. The minimum atomic E-state index is -5.89. The number of ether oxygens (including phenoxy) is 4. The zero-order chi connectivity index (χ0) is 35.6. The number of esters is 3. The van der Waals surface area contributed by atoms with Crippen molar-refractivity contribution in [2.75, 3.05) is 20.3 Å². The van der Waals surface area contributed by atoms with E-state index in [1.54, 1.807) is 48.5 Å². The molecule has 0 bridgehead atoms. The first-order valence-corrected chi connectivity index (χ1v) is 18.4. The van der Waals surface area contributed by atoms with Crippen LogP contribution in [0, 0.1) is 0 Å². The van der Waals surface area contributed by atoms with E-state index < -0.39 is 62.4 Å². The molecule has 1 fully saturated rings. The molecule has 10 nitrogen and oxygen atoms in total. The molecule has 2 aliphatic rings. The summed E-state index contributed by atoms with van der Waals surface area (Å²) in [5.74, 6) is -2.85. The van der Waals surface area contributed by atoms with E-state index in [4.69, 9.17) is 17.8 Å². The van der Waals surface area contributed by atoms with Gasteiger partial charge in [-0.15, -0.1) is 0 Å². The van der Waals surface area contributed by atoms with Gasteiger partial charge in [-0.2, -0.15) is 17.2 Å². The molecule has 1 aliphatic carbocycles. The second-order valence-corrected chi connectivity index (χ2v) is 16.2. The largest absolute Gasteiger partial charge is 0.496 e. The van der Waals surface area contributed by atoms with E-state index in [-0.39, 0.29) is 31.6 Å². The van der Waals surface area contributed by atoms with Crippen LogP contribution in [0.3, 0.4) is 0 Å². The maximum absolute atomic E-state index is 15.5. The van der Waals surface area contributed by atoms with Gasteiger partial charge in [0.2, 0.25) is 0 Å². The van der Waals surface area contributed by atoms with Crippen molar-refractivity contribution in [2.24, 2.45) is 0 Å². The van der Waals surface area contributed by atoms with Crippen LogP contribution in [0.25, 0.3) is 11.1 Å². The van der Waals surface area contributed by atoms with Crippen molar-refractivity contribution in [1.29, 1.82) is 0 Å². The average Bonchev–Trinajstić information content (AvgIpc) is 3.67. The molecule has 0 spiro atoms. The highest BCUT2D eigenvalue weighted by atomic mass is 32.3. The summed E-state index contributed by atoms with van der Waals surface area (Å²) in [6.45, 7) is 3.96. The topological polar surface area (TPSA) is 132 Å². The number of alkyl halides is 2. The first kappa shape index (κ1) is 36.0. The van der Waals surface area contributed by atoms with E-state index >= 15 is 8.78 Å². The lowest BCUT2D eigenvalue weighted by Gasteiger charge is -2.38. The number of carbonyl (C=O) groups excluding carboxylic acids is 3. The molecule has 0 radical (unpaired) electrons. The Morgan fingerprint density at radius 2 is 1.51 bits per heavy atom. The normalized spacial score (nSPS) is 16.5. The van der Waals surface area contributed by atoms with E-state index in [0.29, 0.717) is 17.5 Å². The zero-order valence-electron chi connectivity index (χ0n) is 27.2. The van der Waals surface area contributed by atoms with Crippen molar-refractivity contribution < 1.29 is 54.2 Å². The third-order valence-corrected chi connectivity index (χ3v) is 13.8. The molecular formula is C35H36F2O10S2. The molecule has 0 amide bonds. The van der Waals surface area contributed by atoms with Crippen molar-refractivity contribution in [3.8, 4) is 16.9 Å². The number of rotatable bonds is 13. The first-order chi connectivity index (χ1) is 23.2. The highest BCUT2D eigenvalue weighted by Crippen LogP contribution is 2.79. The Labute approximate surface area is 285 Å². The standard InChI is InChI=1S/C35H36F2O10S2/c1-5-34(18-10-11-19-34)46-31(38)21-44-33(40)24-16-17-27(43-4)30(20-24)48(47-49(41,42)35(36,37)22-45-32(39)23(2)3)28-14-8-6-12-25(28)26-13-7-9-15-29(26)48/h6-9,12-17,20H,2,5,10-11,18-19,21-22H2,1,3-4H3. The minimum Gasteiger partial charge on any atom is -0.496 e. The van der Waals surface area contributed by atoms with E-state index in [1.165, 1.54) is 32.2 Å². The summed E-state index contributed by atoms with van der Waals surface area (Å²) in [4.78, 5) is 38.4. The van der Waals surface area contributed by atoms with Crippen LogP contribution in [0.2, 0.25) is 0 Å². The van der Waals surface area contributed by atoms with Crippen LogP contribution in [0.4, 0.5) is 8.78 Å². The molecule has 0 aromatic heterocycles. The third kappa shape index (κ3) is 6.81. The Kier molecular flexibility index (Phi) is 10.2. The van der Waals surface area contributed by atoms with Gasteiger partial charge < -0.3 is 18.9 Å². The quantitative estimate of drug-likeness (QED) is 0.100. The summed E-state index contributed by atoms with van der Waals surface area (Å²) in [5, 5.41) is -4.70. The van der Waals surface area contributed by atoms with Crippen LogP contribution < -0.4 is 4.74 Å². The lowest BCUT2D eigenvalue weighted by molar-refractivity contribution is -0.163. The number of hydrogen-bond acceptors (Lipinski definition) is 10. The van der Waals surface area contributed by atoms with Crippen molar-refractivity contribution in [3.63, 3.8) is 0 Å². The van der Waals surface area contributed by atoms with Crippen molar-refractivity contribution in [3.05, 3.63) is 84.4 Å². The number of carbonyl (C=O) groups is 3. The van der Waals surface area contributed by atoms with Gasteiger partial charge in [0.05, 0.1) is 17.6 Å². The number of methoxy groups -OCH3 is 1. The molecule has 14 heteroatoms. The highest BCUT2D eigenvalue weighted by Gasteiger charge is 2.55. The van der Waals surface area contributed by atoms with E-state index in [1.807, 2.05) is 6.92 Å². The molecule has 0 atom stereocenters. The van der Waals surface area contributed by atoms with Crippen LogP contribution in [0.5, 0.6) is 5.75 Å². The Morgan fingerprint density at radius 3 is 2.06 bits per heavy atom. The minimum absolute atomic E-state index is 0.0239. The molecular weight excluding hydrogens is 683 g/mol. The van der Waals surface area contributed by atoms with Crippen LogP contribution in [0.1, 0.15) is 56.3 Å². The molecule has 3 aromatic carbocycles. The lowest BCUT2D eigenvalue weighted by Crippen LogP contribution is -2.37. The smallest absolute Gasteiger partial charge is 0.403 e. The van der Waals surface area contributed by atoms with Gasteiger partial charge in [-0.1, -0.05) is 49.9 Å². The summed E-state index contributed by atoms with van der Waals surface area (Å²) < 4.78 is 85.2. The molecule has 1 heterocycles. The molecule has 3 aromatic rings. The van der Waals surface area contributed by atoms with Crippen LogP contribution in [-0.4, -0.2) is 57.5 Å². The van der Waals surface area contributed by atoms with E-state index in [2.05, 4.69) is 11.3 Å². The van der Waals surface area contributed by atoms with Crippen LogP contribution in [-0.2, 0) is 37.5 Å². The van der Waals surface area contributed by atoms with Crippen LogP contribution in [0.15, 0.2) is 93.6 Å². The van der Waals surface area contributed by atoms with E-state index in [0.717, 1.165) is 25.7 Å². The van der Waals surface area contributed by atoms with Crippen molar-refractivity contribution in [1.82, 2.24) is 0 Å². The van der Waals surface area contributed by atoms with Gasteiger partial charge in [0.25, 0.3) is 0 Å². The first-order valence-electron chi connectivity index (χ1n) is 15.5. The second-order valence-electron chi connectivity index (χ2n) is 11.7. The number of fused-ring (bicyclic) bond motifs is 3. The molecule has 0 saturated heterocycles. The molecule has 1 saturated carbocycles. The van der Waals surface area contributed by atoms with Crippen molar-refractivity contribution in [2.45, 2.75) is 71.5 Å². The van der Waals surface area contributed by atoms with Gasteiger partial charge in [0, 0.05) is 15.4 Å². The summed E-state index contributed by atoms with van der Waals surface area (Å²) in [7, 11) is -8.26. The van der Waals surface area contributed by atoms with Gasteiger partial charge in [-0.05, 0) is 90.8 Å². The number of benzene rings is 3. The fourth-order valence-corrected chi connectivity index (χ4v) is 11.4. The Bertz CT molecular complexity index is 1860. The van der Waals surface area contributed by atoms with Gasteiger partial charge >= 0.3 is 33.3 Å². The maximum Gasteiger partial charge on any atom is 0.403 e. The molecule has 0 N–H and O–H groups in total. The fraction of sp³-hybridized carbons (Fsp3) is 0.343. The van der Waals surface area contributed by atoms with Crippen LogP contribution >= 0.6 is 10.3 Å². The predicted octanol–water partition coefficient (Wildman–Crippen LogP) is 7.35. The van der Waals surface area contributed by atoms with Gasteiger partial charge in [-0.25, -0.2) is 18.0 Å². The van der Waals surface area contributed by atoms with Gasteiger partial charge in [0.1, 0.15) is 11.4 Å². The molecule has 262 valence electrons. The Morgan fingerprint density at radius 1 is 0.918 bits per heavy atom. The monoisotopic (exact) mass is 718 g/mol. The Balaban J connectivity index is 1.58. The predicted molar refractivity (Wildman–Crippen MR) is 176 cm³/mol. The molecule has 5 rings (SSSR count). The van der Waals surface area contributed by atoms with Gasteiger partial charge in [-0.3, -0.25) is 0 Å². The SMILES string of the molecule is C=C(C)C(=O)OCC(F)(F)S(=O)(=O)OS1(c2cc(C(=O)OCC(=O)OC3(CC)CCCC3)ccc2OC)c2ccccc2-c2ccccc21. The lowest BCUT2D eigenvalue weighted by atomic mass is 9.99. The number of halogens is 2. The van der Waals surface area contributed by atoms with E-state index in [9.17, 15) is 22.8 Å². The number of hydrogen-bond donors (Lipinski definition) is 0. The third-order valence-electron chi connectivity index (χ3n) is 8.48. The van der Waals surface area contributed by atoms with Crippen molar-refractivity contribution >= 4 is 38.3 Å². The highest BCUT2D eigenvalue weighted by molar-refractivity contribution is 8.33. The summed E-state index contributed by atoms with van der Waals surface area (Å²) >= 11 is 0. The Hall–Kier alpha value is -4.27. The summed E-state index contributed by atoms with van der Waals surface area (Å²) in [6.07, 6.45) is 3.92. The molecule has 49 heavy (non-hydrogen) atoms. The second kappa shape index (κ2) is 13.9. The molecule has 0 unspecified atom stereocenters. The summed E-state index contributed by atoms with van der Waals surface area (Å²) in [6, 6.07) is 17.0. The zero-order valence-corrected chi connectivity index (χ0v) is 28.8. The average molecular weight is 719 g/mol. The fourth-order valence-electron chi connectivity index (χ4n) is 5.93. The summed E-state index contributed by atoms with van der Waals surface area (Å²) in [5.41, 5.74) is 0.0833. The molecule has 1 aliphatic heterocycles.